The average Bonchev–Trinajstić information content (AvgIpc) is 2.66. The van der Waals surface area contributed by atoms with Crippen molar-refractivity contribution >= 4 is 0 Å². The summed E-state index contributed by atoms with van der Waals surface area (Å²) in [6.07, 6.45) is 19.0. The van der Waals surface area contributed by atoms with Crippen LogP contribution in [0.1, 0.15) is 99.8 Å². The fraction of sp³-hybridized carbons (Fsp3) is 0.793. The molecule has 0 N–H and O–H groups in total. The van der Waals surface area contributed by atoms with E-state index in [2.05, 4.69) is 66.7 Å². The van der Waals surface area contributed by atoms with Crippen LogP contribution in [0.2, 0.25) is 0 Å². The average molecular weight is 393 g/mol. The lowest BCUT2D eigenvalue weighted by Gasteiger charge is -2.67. The molecule has 0 saturated heterocycles. The molecule has 0 aromatic carbocycles. The fourth-order valence-electron chi connectivity index (χ4n) is 9.39. The van der Waals surface area contributed by atoms with Crippen molar-refractivity contribution in [2.24, 2.45) is 45.3 Å². The third-order valence-electron chi connectivity index (χ3n) is 11.8. The first-order chi connectivity index (χ1) is 13.6. The van der Waals surface area contributed by atoms with Crippen LogP contribution in [0.25, 0.3) is 0 Å². The molecular weight excluding hydrogens is 348 g/mol. The van der Waals surface area contributed by atoms with Gasteiger partial charge in [0.25, 0.3) is 0 Å². The van der Waals surface area contributed by atoms with Crippen LogP contribution in [0.4, 0.5) is 0 Å². The van der Waals surface area contributed by atoms with Crippen molar-refractivity contribution in [1.29, 1.82) is 0 Å². The van der Waals surface area contributed by atoms with Crippen LogP contribution in [0, 0.1) is 45.3 Å². The van der Waals surface area contributed by atoms with E-state index >= 15 is 0 Å². The Kier molecular flexibility index (Phi) is 4.26. The maximum atomic E-state index is 2.69. The first-order valence-corrected chi connectivity index (χ1v) is 12.7. The standard InChI is InChI=1S/C29H44/c1-19-12-15-26(4)17-18-28(6)23(25(26)21(19)3)10-11-24-27(5)14-8-9-20(2)22(27)13-16-29(24,28)7/h9-11,19,21-22,25H,8,12-18H2,1-7H3. The van der Waals surface area contributed by atoms with Crippen molar-refractivity contribution in [3.63, 3.8) is 0 Å². The van der Waals surface area contributed by atoms with Gasteiger partial charge in [0, 0.05) is 0 Å². The Bertz CT molecular complexity index is 810. The van der Waals surface area contributed by atoms with Crippen molar-refractivity contribution in [3.8, 4) is 0 Å². The van der Waals surface area contributed by atoms with Crippen molar-refractivity contribution in [2.75, 3.05) is 0 Å². The predicted octanol–water partition coefficient (Wildman–Crippen LogP) is 8.50. The monoisotopic (exact) mass is 392 g/mol. The van der Waals surface area contributed by atoms with Crippen LogP contribution in [0.3, 0.4) is 0 Å². The topological polar surface area (TPSA) is 0 Å². The van der Waals surface area contributed by atoms with Crippen LogP contribution >= 0.6 is 0 Å². The van der Waals surface area contributed by atoms with E-state index in [-0.39, 0.29) is 0 Å². The first-order valence-electron chi connectivity index (χ1n) is 12.7. The normalized spacial score (nSPS) is 54.1. The van der Waals surface area contributed by atoms with Gasteiger partial charge in [0.15, 0.2) is 0 Å². The molecule has 0 aromatic heterocycles. The van der Waals surface area contributed by atoms with E-state index in [4.69, 9.17) is 0 Å². The molecule has 0 radical (unpaired) electrons. The second-order valence-electron chi connectivity index (χ2n) is 12.9. The van der Waals surface area contributed by atoms with Crippen molar-refractivity contribution in [1.82, 2.24) is 0 Å². The molecule has 0 bridgehead atoms. The van der Waals surface area contributed by atoms with Gasteiger partial charge in [-0.15, -0.1) is 0 Å². The lowest BCUT2D eigenvalue weighted by molar-refractivity contribution is -0.0568. The minimum atomic E-state index is 0.349. The highest BCUT2D eigenvalue weighted by Crippen LogP contribution is 2.73. The van der Waals surface area contributed by atoms with Crippen LogP contribution in [0.5, 0.6) is 0 Å². The molecule has 0 aromatic rings. The van der Waals surface area contributed by atoms with Gasteiger partial charge in [0.1, 0.15) is 0 Å². The maximum absolute atomic E-state index is 2.69. The zero-order valence-corrected chi connectivity index (χ0v) is 20.2. The minimum absolute atomic E-state index is 0.349. The molecule has 5 aliphatic carbocycles. The van der Waals surface area contributed by atoms with Gasteiger partial charge in [-0.2, -0.15) is 0 Å². The van der Waals surface area contributed by atoms with Crippen LogP contribution in [-0.2, 0) is 0 Å². The molecule has 8 atom stereocenters. The Balaban J connectivity index is 1.66. The fourth-order valence-corrected chi connectivity index (χ4v) is 9.39. The van der Waals surface area contributed by atoms with E-state index in [0.717, 1.165) is 23.7 Å². The largest absolute Gasteiger partial charge is 0.0853 e. The number of rotatable bonds is 0. The van der Waals surface area contributed by atoms with E-state index < -0.39 is 0 Å². The third-order valence-corrected chi connectivity index (χ3v) is 11.8. The molecule has 5 aliphatic rings. The highest BCUT2D eigenvalue weighted by Gasteiger charge is 2.63. The third kappa shape index (κ3) is 2.38. The summed E-state index contributed by atoms with van der Waals surface area (Å²) in [7, 11) is 0. The molecule has 3 fully saturated rings. The Hall–Kier alpha value is -0.780. The summed E-state index contributed by atoms with van der Waals surface area (Å²) in [5.41, 5.74) is 6.96. The molecule has 29 heavy (non-hydrogen) atoms. The summed E-state index contributed by atoms with van der Waals surface area (Å²) >= 11 is 0. The molecule has 0 amide bonds. The summed E-state index contributed by atoms with van der Waals surface area (Å²) in [4.78, 5) is 0. The molecule has 5 rings (SSSR count). The van der Waals surface area contributed by atoms with Gasteiger partial charge in [-0.1, -0.05) is 76.5 Å². The lowest BCUT2D eigenvalue weighted by Crippen LogP contribution is -2.58. The Morgan fingerprint density at radius 1 is 0.828 bits per heavy atom. The van der Waals surface area contributed by atoms with E-state index in [1.165, 1.54) is 51.4 Å². The van der Waals surface area contributed by atoms with Gasteiger partial charge in [0.2, 0.25) is 0 Å². The lowest BCUT2D eigenvalue weighted by atomic mass is 9.37. The number of hydrogen-bond donors (Lipinski definition) is 0. The molecule has 0 heterocycles. The van der Waals surface area contributed by atoms with Crippen molar-refractivity contribution < 1.29 is 0 Å². The summed E-state index contributed by atoms with van der Waals surface area (Å²) in [5.74, 6) is 3.26. The highest BCUT2D eigenvalue weighted by atomic mass is 14.7. The van der Waals surface area contributed by atoms with Crippen LogP contribution < -0.4 is 0 Å². The Morgan fingerprint density at radius 2 is 1.59 bits per heavy atom. The van der Waals surface area contributed by atoms with Gasteiger partial charge < -0.3 is 0 Å². The van der Waals surface area contributed by atoms with Crippen molar-refractivity contribution in [2.45, 2.75) is 99.8 Å². The smallest absolute Gasteiger partial charge is 0.00162 e. The highest BCUT2D eigenvalue weighted by molar-refractivity contribution is 5.46. The van der Waals surface area contributed by atoms with Gasteiger partial charge in [-0.05, 0) is 104 Å². The van der Waals surface area contributed by atoms with Crippen LogP contribution in [0.15, 0.2) is 34.9 Å². The molecule has 0 heteroatoms. The van der Waals surface area contributed by atoms with Crippen molar-refractivity contribution in [3.05, 3.63) is 34.9 Å². The number of hydrogen-bond acceptors (Lipinski definition) is 0. The second-order valence-corrected chi connectivity index (χ2v) is 12.9. The van der Waals surface area contributed by atoms with E-state index in [0.29, 0.717) is 21.7 Å². The first kappa shape index (κ1) is 20.1. The summed E-state index contributed by atoms with van der Waals surface area (Å²) < 4.78 is 0. The number of allylic oxidation sites excluding steroid dienone is 6. The molecule has 0 aliphatic heterocycles. The van der Waals surface area contributed by atoms with Gasteiger partial charge in [-0.3, -0.25) is 0 Å². The Morgan fingerprint density at radius 3 is 2.34 bits per heavy atom. The molecule has 3 saturated carbocycles. The van der Waals surface area contributed by atoms with Gasteiger partial charge in [-0.25, -0.2) is 0 Å². The quantitative estimate of drug-likeness (QED) is 0.362. The summed E-state index contributed by atoms with van der Waals surface area (Å²) in [6, 6.07) is 0. The number of fused-ring (bicyclic) bond motifs is 7. The minimum Gasteiger partial charge on any atom is -0.0853 e. The molecule has 0 nitrogen and oxygen atoms in total. The van der Waals surface area contributed by atoms with Gasteiger partial charge in [0.05, 0.1) is 0 Å². The second kappa shape index (κ2) is 6.14. The summed E-state index contributed by atoms with van der Waals surface area (Å²) in [5, 5.41) is 0. The molecule has 0 spiro atoms. The van der Waals surface area contributed by atoms with Crippen LogP contribution in [-0.4, -0.2) is 0 Å². The van der Waals surface area contributed by atoms with E-state index in [1.54, 1.807) is 5.57 Å². The maximum Gasteiger partial charge on any atom is -0.00162 e. The van der Waals surface area contributed by atoms with E-state index in [9.17, 15) is 0 Å². The zero-order valence-electron chi connectivity index (χ0n) is 20.2. The summed E-state index contributed by atoms with van der Waals surface area (Å²) in [6.45, 7) is 18.1. The SMILES string of the molecule is CC1=CCCC2(C)C3=CC=C4C5C(C)C(C)CCC5(C)CCC4(C)C3(C)CCC12. The molecule has 8 unspecified atom stereocenters. The van der Waals surface area contributed by atoms with Gasteiger partial charge >= 0.3 is 0 Å². The molecular formula is C29H44. The predicted molar refractivity (Wildman–Crippen MR) is 125 cm³/mol. The zero-order chi connectivity index (χ0) is 20.8. The Labute approximate surface area is 180 Å². The van der Waals surface area contributed by atoms with E-state index in [1.807, 2.05) is 11.1 Å². The molecule has 160 valence electrons.